The Hall–Kier alpha value is -3.18. The van der Waals surface area contributed by atoms with Crippen molar-refractivity contribution in [2.45, 2.75) is 83.4 Å². The first-order valence-electron chi connectivity index (χ1n) is 15.0. The lowest BCUT2D eigenvalue weighted by molar-refractivity contribution is -0.140. The van der Waals surface area contributed by atoms with Crippen LogP contribution in [0.15, 0.2) is 54.6 Å². The molecule has 0 spiro atoms. The van der Waals surface area contributed by atoms with Crippen molar-refractivity contribution in [1.82, 2.24) is 20.9 Å². The number of benzene rings is 2. The molecular weight excluding hydrogens is 572 g/mol. The van der Waals surface area contributed by atoms with E-state index in [1.165, 1.54) is 5.56 Å². The fourth-order valence-electron chi connectivity index (χ4n) is 5.01. The van der Waals surface area contributed by atoms with Gasteiger partial charge < -0.3 is 30.9 Å². The predicted octanol–water partition coefficient (Wildman–Crippen LogP) is 3.03. The van der Waals surface area contributed by atoms with E-state index < -0.39 is 42.3 Å². The maximum atomic E-state index is 13.3. The third-order valence-corrected chi connectivity index (χ3v) is 7.72. The fraction of sp³-hybridized carbons (Fsp3) is 0.531. The van der Waals surface area contributed by atoms with Crippen LogP contribution in [0.1, 0.15) is 51.2 Å². The second-order valence-electron chi connectivity index (χ2n) is 11.4. The minimum absolute atomic E-state index is 0.0935. The molecule has 1 saturated heterocycles. The van der Waals surface area contributed by atoms with Crippen molar-refractivity contribution >= 4 is 29.5 Å². The average molecular weight is 617 g/mol. The highest BCUT2D eigenvalue weighted by Gasteiger charge is 2.37. The maximum absolute atomic E-state index is 13.3. The number of nitrogens with zero attached hydrogens (tertiary/aromatic N) is 1. The van der Waals surface area contributed by atoms with E-state index in [2.05, 4.69) is 33.0 Å². The van der Waals surface area contributed by atoms with Crippen LogP contribution in [-0.4, -0.2) is 83.1 Å². The van der Waals surface area contributed by atoms with Crippen LogP contribution < -0.4 is 16.0 Å². The molecule has 3 amide bonds. The third-order valence-electron chi connectivity index (χ3n) is 7.47. The molecule has 0 saturated carbocycles. The van der Waals surface area contributed by atoms with Gasteiger partial charge in [0, 0.05) is 37.2 Å². The number of aliphatic hydroxyl groups excluding tert-OH is 2. The predicted molar refractivity (Wildman–Crippen MR) is 165 cm³/mol. The van der Waals surface area contributed by atoms with Gasteiger partial charge in [0.2, 0.25) is 0 Å². The van der Waals surface area contributed by atoms with Crippen LogP contribution in [0.2, 0.25) is 5.02 Å². The Bertz CT molecular complexity index is 1170. The van der Waals surface area contributed by atoms with Crippen LogP contribution in [0.4, 0.5) is 4.79 Å². The van der Waals surface area contributed by atoms with Gasteiger partial charge in [-0.3, -0.25) is 14.5 Å². The number of nitrogens with one attached hydrogen (secondary N) is 3. The number of amides is 3. The third kappa shape index (κ3) is 11.1. The molecule has 5 unspecified atom stereocenters. The first kappa shape index (κ1) is 34.3. The lowest BCUT2D eigenvalue weighted by Crippen LogP contribution is -2.57. The summed E-state index contributed by atoms with van der Waals surface area (Å²) in [5.41, 5.74) is 1.89. The molecule has 1 fully saturated rings. The van der Waals surface area contributed by atoms with Crippen molar-refractivity contribution in [1.29, 1.82) is 0 Å². The number of alkyl carbamates (subject to hydrolysis) is 1. The molecule has 5 atom stereocenters. The van der Waals surface area contributed by atoms with Gasteiger partial charge >= 0.3 is 6.09 Å². The Morgan fingerprint density at radius 3 is 2.37 bits per heavy atom. The van der Waals surface area contributed by atoms with Crippen molar-refractivity contribution in [3.05, 3.63) is 70.7 Å². The SMILES string of the molecule is CCCCNC(=O)OC(C(=O)NC(Cc1ccc(Cl)cc1)C(O)C(O)C(=O)NC1CCN(Cc2ccccc2)C1)C(C)C. The quantitative estimate of drug-likeness (QED) is 0.194. The number of hydrogen-bond donors (Lipinski definition) is 5. The van der Waals surface area contributed by atoms with Crippen molar-refractivity contribution < 1.29 is 29.3 Å². The smallest absolute Gasteiger partial charge is 0.407 e. The Morgan fingerprint density at radius 1 is 1.02 bits per heavy atom. The number of carbonyl (C=O) groups is 3. The summed E-state index contributed by atoms with van der Waals surface area (Å²) < 4.78 is 5.41. The molecule has 0 bridgehead atoms. The van der Waals surface area contributed by atoms with Gasteiger partial charge in [0.05, 0.1) is 6.04 Å². The zero-order chi connectivity index (χ0) is 31.4. The van der Waals surface area contributed by atoms with Gasteiger partial charge in [0.25, 0.3) is 11.8 Å². The number of rotatable bonds is 15. The Kier molecular flexibility index (Phi) is 13.7. The van der Waals surface area contributed by atoms with Crippen LogP contribution in [0, 0.1) is 5.92 Å². The molecule has 43 heavy (non-hydrogen) atoms. The number of aliphatic hydroxyl groups is 2. The van der Waals surface area contributed by atoms with Crippen LogP contribution >= 0.6 is 11.6 Å². The molecule has 2 aromatic carbocycles. The highest BCUT2D eigenvalue weighted by molar-refractivity contribution is 6.30. The second-order valence-corrected chi connectivity index (χ2v) is 11.9. The highest BCUT2D eigenvalue weighted by Crippen LogP contribution is 2.17. The summed E-state index contributed by atoms with van der Waals surface area (Å²) in [5.74, 6) is -1.74. The van der Waals surface area contributed by atoms with Gasteiger partial charge in [-0.05, 0) is 48.4 Å². The first-order chi connectivity index (χ1) is 20.6. The molecule has 3 rings (SSSR count). The largest absolute Gasteiger partial charge is 0.436 e. The number of carbonyl (C=O) groups excluding carboxylic acids is 3. The van der Waals surface area contributed by atoms with Crippen LogP contribution in [0.3, 0.4) is 0 Å². The van der Waals surface area contributed by atoms with E-state index in [0.717, 1.165) is 25.9 Å². The molecule has 11 heteroatoms. The van der Waals surface area contributed by atoms with Crippen molar-refractivity contribution in [2.24, 2.45) is 5.92 Å². The molecule has 1 aliphatic rings. The van der Waals surface area contributed by atoms with Crippen LogP contribution in [0.25, 0.3) is 0 Å². The topological polar surface area (TPSA) is 140 Å². The Morgan fingerprint density at radius 2 is 1.72 bits per heavy atom. The van der Waals surface area contributed by atoms with Crippen molar-refractivity contribution in [2.75, 3.05) is 19.6 Å². The number of unbranched alkanes of at least 4 members (excludes halogenated alkanes) is 1. The van der Waals surface area contributed by atoms with E-state index in [1.54, 1.807) is 38.1 Å². The van der Waals surface area contributed by atoms with Gasteiger partial charge in [0.15, 0.2) is 12.2 Å². The molecule has 236 valence electrons. The molecule has 5 N–H and O–H groups in total. The number of hydrogen-bond acceptors (Lipinski definition) is 7. The Labute approximate surface area is 259 Å². The van der Waals surface area contributed by atoms with Crippen molar-refractivity contribution in [3.8, 4) is 0 Å². The normalized spacial score (nSPS) is 18.0. The zero-order valence-corrected chi connectivity index (χ0v) is 25.9. The van der Waals surface area contributed by atoms with Gasteiger partial charge in [-0.2, -0.15) is 0 Å². The Balaban J connectivity index is 1.66. The molecule has 1 aliphatic heterocycles. The molecule has 10 nitrogen and oxygen atoms in total. The molecule has 0 radical (unpaired) electrons. The lowest BCUT2D eigenvalue weighted by Gasteiger charge is -2.30. The van der Waals surface area contributed by atoms with Gasteiger partial charge in [-0.15, -0.1) is 0 Å². The summed E-state index contributed by atoms with van der Waals surface area (Å²) in [7, 11) is 0. The monoisotopic (exact) mass is 616 g/mol. The fourth-order valence-corrected chi connectivity index (χ4v) is 5.14. The highest BCUT2D eigenvalue weighted by atomic mass is 35.5. The van der Waals surface area contributed by atoms with E-state index in [1.807, 2.05) is 25.1 Å². The number of halogens is 1. The molecule has 1 heterocycles. The standard InChI is InChI=1S/C32H45ClN4O6/c1-4-5-16-34-32(42)43-29(21(2)3)31(41)36-26(18-22-11-13-24(33)14-12-22)27(38)28(39)30(40)35-25-15-17-37(20-25)19-23-9-7-6-8-10-23/h6-14,21,25-29,38-39H,4-5,15-20H2,1-3H3,(H,34,42)(H,35,40)(H,36,41). The minimum atomic E-state index is -1.81. The summed E-state index contributed by atoms with van der Waals surface area (Å²) in [6, 6.07) is 15.6. The second kappa shape index (κ2) is 17.2. The number of likely N-dealkylation sites (tertiary alicyclic amines) is 1. The molecule has 2 aromatic rings. The maximum Gasteiger partial charge on any atom is 0.407 e. The van der Waals surface area contributed by atoms with Gasteiger partial charge in [-0.25, -0.2) is 4.79 Å². The van der Waals surface area contributed by atoms with E-state index >= 15 is 0 Å². The summed E-state index contributed by atoms with van der Waals surface area (Å²) in [5, 5.41) is 30.8. The van der Waals surface area contributed by atoms with E-state index in [0.29, 0.717) is 30.1 Å². The average Bonchev–Trinajstić information content (AvgIpc) is 3.42. The van der Waals surface area contributed by atoms with Crippen LogP contribution in [0.5, 0.6) is 0 Å². The van der Waals surface area contributed by atoms with Gasteiger partial charge in [0.1, 0.15) is 6.10 Å². The summed E-state index contributed by atoms with van der Waals surface area (Å²) in [4.78, 5) is 40.9. The molecule has 0 aromatic heterocycles. The summed E-state index contributed by atoms with van der Waals surface area (Å²) in [6.45, 7) is 8.04. The van der Waals surface area contributed by atoms with E-state index in [4.69, 9.17) is 16.3 Å². The van der Waals surface area contributed by atoms with Crippen LogP contribution in [-0.2, 0) is 27.3 Å². The first-order valence-corrected chi connectivity index (χ1v) is 15.4. The van der Waals surface area contributed by atoms with E-state index in [9.17, 15) is 24.6 Å². The van der Waals surface area contributed by atoms with E-state index in [-0.39, 0.29) is 18.4 Å². The lowest BCUT2D eigenvalue weighted by atomic mass is 9.96. The van der Waals surface area contributed by atoms with Gasteiger partial charge in [-0.1, -0.05) is 81.3 Å². The number of ether oxygens (including phenoxy) is 1. The zero-order valence-electron chi connectivity index (χ0n) is 25.2. The molecular formula is C32H45ClN4O6. The van der Waals surface area contributed by atoms with Crippen molar-refractivity contribution in [3.63, 3.8) is 0 Å². The summed E-state index contributed by atoms with van der Waals surface area (Å²) in [6.07, 6.45) is -2.85. The molecule has 0 aliphatic carbocycles. The minimum Gasteiger partial charge on any atom is -0.436 e. The summed E-state index contributed by atoms with van der Waals surface area (Å²) >= 11 is 6.02.